The quantitative estimate of drug-likeness (QED) is 0.691. The minimum absolute atomic E-state index is 0.408. The number of hydrogen-bond donors (Lipinski definition) is 3. The van der Waals surface area contributed by atoms with Crippen LogP contribution in [0.5, 0.6) is 0 Å². The van der Waals surface area contributed by atoms with Gasteiger partial charge in [0, 0.05) is 24.1 Å². The third-order valence-electron chi connectivity index (χ3n) is 6.51. The first-order valence-corrected chi connectivity index (χ1v) is 10.3. The fourth-order valence-corrected chi connectivity index (χ4v) is 4.69. The summed E-state index contributed by atoms with van der Waals surface area (Å²) in [6, 6.07) is 19.7. The molecule has 1 unspecified atom stereocenters. The smallest absolute Gasteiger partial charge is 0.261 e. The van der Waals surface area contributed by atoms with E-state index < -0.39 is 18.2 Å². The van der Waals surface area contributed by atoms with E-state index in [0.717, 1.165) is 35.0 Å². The standard InChI is InChI=1S/C25H26N3O2/c1-16-17(2)28(15-18-9-5-3-6-10-18)14-13-20-22(25(28)26-16)27-21(24(30)23(20)29)19-11-7-4-8-12-19/h3-14,21,23-24,27,29-30H,15H2,1-2H3/q+1/t21-,23+,24+,28?/m1/s1. The van der Waals surface area contributed by atoms with E-state index in [1.807, 2.05) is 49.4 Å². The van der Waals surface area contributed by atoms with E-state index in [0.29, 0.717) is 10.1 Å². The van der Waals surface area contributed by atoms with Crippen molar-refractivity contribution >= 4 is 5.84 Å². The molecule has 0 bridgehead atoms. The maximum atomic E-state index is 11.0. The molecule has 2 aromatic carbocycles. The fraction of sp³-hybridized carbons (Fsp3) is 0.240. The Hall–Kier alpha value is -2.99. The van der Waals surface area contributed by atoms with Crippen LogP contribution in [0.25, 0.3) is 0 Å². The summed E-state index contributed by atoms with van der Waals surface area (Å²) in [4.78, 5) is 4.94. The first-order chi connectivity index (χ1) is 14.5. The number of aliphatic hydroxyl groups is 2. The van der Waals surface area contributed by atoms with E-state index in [4.69, 9.17) is 4.99 Å². The zero-order chi connectivity index (χ0) is 20.9. The Morgan fingerprint density at radius 1 is 0.967 bits per heavy atom. The van der Waals surface area contributed by atoms with Crippen LogP contribution in [0.3, 0.4) is 0 Å². The summed E-state index contributed by atoms with van der Waals surface area (Å²) >= 11 is 0. The third kappa shape index (κ3) is 2.78. The molecule has 30 heavy (non-hydrogen) atoms. The van der Waals surface area contributed by atoms with Crippen LogP contribution in [0.1, 0.15) is 31.0 Å². The SMILES string of the molecule is CC1=C(C)[N+]2(Cc3ccccc3)C=CC3=C(N[C@H](c4ccccc4)[C@H](O)[C@H]3O)C2=N1. The van der Waals surface area contributed by atoms with Crippen molar-refractivity contribution in [2.24, 2.45) is 4.99 Å². The van der Waals surface area contributed by atoms with Crippen molar-refractivity contribution in [3.63, 3.8) is 0 Å². The number of quaternary nitrogens is 1. The summed E-state index contributed by atoms with van der Waals surface area (Å²) < 4.78 is 0.492. The Kier molecular flexibility index (Phi) is 4.47. The number of nitrogens with zero attached hydrogens (tertiary/aromatic N) is 2. The lowest BCUT2D eigenvalue weighted by atomic mass is 9.86. The average molecular weight is 401 g/mol. The van der Waals surface area contributed by atoms with Crippen LogP contribution >= 0.6 is 0 Å². The second-order valence-electron chi connectivity index (χ2n) is 8.23. The van der Waals surface area contributed by atoms with Crippen molar-refractivity contribution in [1.82, 2.24) is 5.32 Å². The van der Waals surface area contributed by atoms with Crippen molar-refractivity contribution < 1.29 is 14.7 Å². The van der Waals surface area contributed by atoms with Crippen LogP contribution in [0, 0.1) is 0 Å². The summed E-state index contributed by atoms with van der Waals surface area (Å²) in [6.45, 7) is 4.89. The molecular weight excluding hydrogens is 374 g/mol. The topological polar surface area (TPSA) is 64.8 Å². The van der Waals surface area contributed by atoms with Crippen molar-refractivity contribution in [3.8, 4) is 0 Å². The van der Waals surface area contributed by atoms with E-state index in [9.17, 15) is 10.2 Å². The van der Waals surface area contributed by atoms with Crippen molar-refractivity contribution in [1.29, 1.82) is 0 Å². The number of aliphatic imine (C=N–C) groups is 1. The maximum Gasteiger partial charge on any atom is 0.261 e. The molecule has 0 fully saturated rings. The van der Waals surface area contributed by atoms with Gasteiger partial charge in [0.1, 0.15) is 42.0 Å². The number of benzene rings is 2. The van der Waals surface area contributed by atoms with Gasteiger partial charge in [0.15, 0.2) is 0 Å². The molecule has 2 aromatic rings. The largest absolute Gasteiger partial charge is 0.388 e. The van der Waals surface area contributed by atoms with E-state index in [-0.39, 0.29) is 0 Å². The van der Waals surface area contributed by atoms with Crippen LogP contribution in [0.15, 0.2) is 101 Å². The molecule has 3 aliphatic rings. The third-order valence-corrected chi connectivity index (χ3v) is 6.51. The zero-order valence-electron chi connectivity index (χ0n) is 17.2. The molecule has 3 heterocycles. The van der Waals surface area contributed by atoms with Crippen molar-refractivity contribution in [2.45, 2.75) is 38.6 Å². The number of rotatable bonds is 3. The average Bonchev–Trinajstić information content (AvgIpc) is 3.02. The maximum absolute atomic E-state index is 11.0. The minimum Gasteiger partial charge on any atom is -0.388 e. The number of amidine groups is 1. The molecule has 4 atom stereocenters. The van der Waals surface area contributed by atoms with Gasteiger partial charge < -0.3 is 15.5 Å². The molecule has 0 aliphatic carbocycles. The molecule has 5 rings (SSSR count). The molecule has 0 amide bonds. The van der Waals surface area contributed by atoms with Gasteiger partial charge in [0.05, 0.1) is 6.04 Å². The van der Waals surface area contributed by atoms with Gasteiger partial charge in [-0.25, -0.2) is 4.48 Å². The first kappa shape index (κ1) is 19.0. The Bertz CT molecular complexity index is 1100. The number of fused-ring (bicyclic) bond motifs is 2. The van der Waals surface area contributed by atoms with E-state index in [1.165, 1.54) is 5.56 Å². The Morgan fingerprint density at radius 3 is 2.33 bits per heavy atom. The number of allylic oxidation sites excluding steroid dienone is 2. The second kappa shape index (κ2) is 7.06. The first-order valence-electron chi connectivity index (χ1n) is 10.3. The fourth-order valence-electron chi connectivity index (χ4n) is 4.69. The molecule has 3 N–H and O–H groups in total. The monoisotopic (exact) mass is 400 g/mol. The summed E-state index contributed by atoms with van der Waals surface area (Å²) in [6.07, 6.45) is 2.12. The minimum atomic E-state index is -0.981. The molecule has 152 valence electrons. The van der Waals surface area contributed by atoms with E-state index in [1.54, 1.807) is 0 Å². The molecule has 0 spiro atoms. The van der Waals surface area contributed by atoms with Gasteiger partial charge in [-0.1, -0.05) is 60.7 Å². The molecule has 5 nitrogen and oxygen atoms in total. The summed E-state index contributed by atoms with van der Waals surface area (Å²) in [5.74, 6) is 0.873. The van der Waals surface area contributed by atoms with Gasteiger partial charge in [0.25, 0.3) is 5.84 Å². The number of aliphatic hydroxyl groups excluding tert-OH is 2. The predicted molar refractivity (Wildman–Crippen MR) is 117 cm³/mol. The van der Waals surface area contributed by atoms with Crippen molar-refractivity contribution in [2.75, 3.05) is 0 Å². The molecule has 0 aromatic heterocycles. The molecule has 5 heteroatoms. The molecule has 0 radical (unpaired) electrons. The van der Waals surface area contributed by atoms with Gasteiger partial charge in [0.2, 0.25) is 0 Å². The predicted octanol–water partition coefficient (Wildman–Crippen LogP) is 3.51. The van der Waals surface area contributed by atoms with Crippen LogP contribution in [0.4, 0.5) is 0 Å². The molecule has 0 saturated carbocycles. The van der Waals surface area contributed by atoms with Crippen LogP contribution in [-0.2, 0) is 6.54 Å². The lowest BCUT2D eigenvalue weighted by molar-refractivity contribution is -0.759. The number of nitrogens with one attached hydrogen (secondary N) is 1. The summed E-state index contributed by atoms with van der Waals surface area (Å²) in [5, 5.41) is 25.3. The van der Waals surface area contributed by atoms with Gasteiger partial charge in [-0.3, -0.25) is 0 Å². The van der Waals surface area contributed by atoms with E-state index >= 15 is 0 Å². The zero-order valence-corrected chi connectivity index (χ0v) is 17.2. The molecular formula is C25H26N3O2+. The summed E-state index contributed by atoms with van der Waals surface area (Å²) in [5.41, 5.74) is 5.80. The van der Waals surface area contributed by atoms with E-state index in [2.05, 4.69) is 42.7 Å². The normalized spacial score (nSPS) is 30.0. The highest BCUT2D eigenvalue weighted by Gasteiger charge is 2.50. The Labute approximate surface area is 176 Å². The molecule has 0 saturated heterocycles. The van der Waals surface area contributed by atoms with Crippen LogP contribution in [-0.4, -0.2) is 32.7 Å². The highest BCUT2D eigenvalue weighted by Crippen LogP contribution is 2.42. The lowest BCUT2D eigenvalue weighted by Crippen LogP contribution is -2.55. The van der Waals surface area contributed by atoms with Crippen LogP contribution in [0.2, 0.25) is 0 Å². The van der Waals surface area contributed by atoms with Crippen LogP contribution < -0.4 is 5.32 Å². The Balaban J connectivity index is 1.59. The highest BCUT2D eigenvalue weighted by molar-refractivity contribution is 5.98. The second-order valence-corrected chi connectivity index (χ2v) is 8.23. The lowest BCUT2D eigenvalue weighted by Gasteiger charge is -2.42. The van der Waals surface area contributed by atoms with Gasteiger partial charge >= 0.3 is 0 Å². The molecule has 3 aliphatic heterocycles. The highest BCUT2D eigenvalue weighted by atomic mass is 16.3. The van der Waals surface area contributed by atoms with Gasteiger partial charge in [-0.2, -0.15) is 4.99 Å². The summed E-state index contributed by atoms with van der Waals surface area (Å²) in [7, 11) is 0. The van der Waals surface area contributed by atoms with Crippen molar-refractivity contribution in [3.05, 3.63) is 107 Å². The Morgan fingerprint density at radius 2 is 1.63 bits per heavy atom. The van der Waals surface area contributed by atoms with Gasteiger partial charge in [-0.15, -0.1) is 0 Å². The van der Waals surface area contributed by atoms with Gasteiger partial charge in [-0.05, 0) is 12.5 Å². The number of hydrogen-bond acceptors (Lipinski definition) is 4.